The minimum absolute atomic E-state index is 0.0107. The summed E-state index contributed by atoms with van der Waals surface area (Å²) < 4.78 is 2.94. The Morgan fingerprint density at radius 2 is 1.76 bits per heavy atom. The molecule has 0 radical (unpaired) electrons. The van der Waals surface area contributed by atoms with Gasteiger partial charge in [0.25, 0.3) is 11.1 Å². The lowest BCUT2D eigenvalue weighted by Crippen LogP contribution is -2.42. The first-order chi connectivity index (χ1) is 17.7. The molecule has 3 aromatic heterocycles. The number of carbonyl (C=O) groups is 1. The number of fused-ring (bicyclic) bond motifs is 1. The molecule has 3 heterocycles. The molecule has 3 rings (SSSR count). The summed E-state index contributed by atoms with van der Waals surface area (Å²) in [4.78, 5) is 62.1. The van der Waals surface area contributed by atoms with Gasteiger partial charge in [-0.05, 0) is 38.7 Å². The van der Waals surface area contributed by atoms with Gasteiger partial charge in [-0.25, -0.2) is 9.78 Å². The first-order valence-corrected chi connectivity index (χ1v) is 14.5. The highest BCUT2D eigenvalue weighted by Crippen LogP contribution is 2.29. The largest absolute Gasteiger partial charge is 0.383 e. The zero-order valence-electron chi connectivity index (χ0n) is 22.2. The Hall–Kier alpha value is -2.86. The van der Waals surface area contributed by atoms with Crippen LogP contribution >= 0.6 is 23.1 Å². The van der Waals surface area contributed by atoms with Crippen LogP contribution in [0.5, 0.6) is 0 Å². The number of aromatic amines is 1. The Bertz CT molecular complexity index is 1450. The third-order valence-corrected chi connectivity index (χ3v) is 8.34. The standard InChI is InChI=1S/C25H36N6O4S2/c1-6-9-12-29(19-20(26)30(11-8-3)24(35)27-21(19)33)17(32)14-36-25-28-22-18(15(4)16(5)37-22)23(34)31(25)13-10-7-2/h6-14,26H2,1-5H3,(H,27,33,35). The van der Waals surface area contributed by atoms with Crippen LogP contribution in [-0.2, 0) is 17.9 Å². The molecule has 1 amide bonds. The van der Waals surface area contributed by atoms with Crippen molar-refractivity contribution in [2.24, 2.45) is 0 Å². The summed E-state index contributed by atoms with van der Waals surface area (Å²) in [6.07, 6.45) is 3.82. The summed E-state index contributed by atoms with van der Waals surface area (Å²) in [5, 5.41) is 1.12. The maximum atomic E-state index is 13.5. The Morgan fingerprint density at radius 3 is 2.41 bits per heavy atom. The number of carbonyl (C=O) groups excluding carboxylic acids is 1. The summed E-state index contributed by atoms with van der Waals surface area (Å²) in [5.41, 5.74) is 5.81. The van der Waals surface area contributed by atoms with Gasteiger partial charge in [-0.2, -0.15) is 0 Å². The fourth-order valence-corrected chi connectivity index (χ4v) is 6.07. The molecule has 0 aliphatic heterocycles. The van der Waals surface area contributed by atoms with E-state index in [9.17, 15) is 19.2 Å². The minimum atomic E-state index is -0.687. The highest BCUT2D eigenvalue weighted by atomic mass is 32.2. The van der Waals surface area contributed by atoms with E-state index in [0.717, 1.165) is 29.7 Å². The number of nitrogens with two attached hydrogens (primary N) is 1. The normalized spacial score (nSPS) is 11.4. The van der Waals surface area contributed by atoms with Crippen molar-refractivity contribution in [2.75, 3.05) is 22.9 Å². The van der Waals surface area contributed by atoms with E-state index in [-0.39, 0.29) is 35.3 Å². The Kier molecular flexibility index (Phi) is 9.77. The van der Waals surface area contributed by atoms with Gasteiger partial charge in [0.2, 0.25) is 5.91 Å². The number of anilines is 2. The number of aryl methyl sites for hydroxylation is 2. The van der Waals surface area contributed by atoms with Crippen LogP contribution in [0.1, 0.15) is 63.3 Å². The van der Waals surface area contributed by atoms with E-state index < -0.39 is 11.2 Å². The third-order valence-electron chi connectivity index (χ3n) is 6.28. The second-order valence-corrected chi connectivity index (χ2v) is 11.1. The molecule has 0 saturated heterocycles. The topological polar surface area (TPSA) is 136 Å². The van der Waals surface area contributed by atoms with Gasteiger partial charge in [-0.15, -0.1) is 11.3 Å². The van der Waals surface area contributed by atoms with Gasteiger partial charge < -0.3 is 10.6 Å². The van der Waals surface area contributed by atoms with Crippen molar-refractivity contribution < 1.29 is 4.79 Å². The van der Waals surface area contributed by atoms with E-state index in [2.05, 4.69) is 11.9 Å². The second kappa shape index (κ2) is 12.6. The quantitative estimate of drug-likeness (QED) is 0.260. The summed E-state index contributed by atoms with van der Waals surface area (Å²) in [5.74, 6) is -0.399. The van der Waals surface area contributed by atoms with Gasteiger partial charge in [0, 0.05) is 24.5 Å². The maximum Gasteiger partial charge on any atom is 0.330 e. The molecule has 3 N–H and O–H groups in total. The predicted octanol–water partition coefficient (Wildman–Crippen LogP) is 3.64. The fraction of sp³-hybridized carbons (Fsp3) is 0.560. The average Bonchev–Trinajstić information content (AvgIpc) is 3.14. The molecule has 202 valence electrons. The zero-order valence-corrected chi connectivity index (χ0v) is 23.8. The number of aromatic nitrogens is 4. The molecule has 0 fully saturated rings. The number of H-pyrrole nitrogens is 1. The lowest BCUT2D eigenvalue weighted by Gasteiger charge is -2.24. The van der Waals surface area contributed by atoms with Crippen LogP contribution in [0.3, 0.4) is 0 Å². The molecule has 3 aromatic rings. The average molecular weight is 549 g/mol. The number of hydrogen-bond acceptors (Lipinski definition) is 8. The number of amides is 1. The van der Waals surface area contributed by atoms with Crippen molar-refractivity contribution in [3.05, 3.63) is 41.6 Å². The molecule has 0 aromatic carbocycles. The van der Waals surface area contributed by atoms with Gasteiger partial charge in [-0.1, -0.05) is 45.4 Å². The first-order valence-electron chi connectivity index (χ1n) is 12.7. The summed E-state index contributed by atoms with van der Waals surface area (Å²) in [6, 6.07) is 0. The lowest BCUT2D eigenvalue weighted by atomic mass is 10.2. The number of rotatable bonds is 12. The molecule has 0 saturated carbocycles. The lowest BCUT2D eigenvalue weighted by molar-refractivity contribution is -0.116. The number of thiophene rings is 1. The van der Waals surface area contributed by atoms with Crippen molar-refractivity contribution in [1.82, 2.24) is 19.1 Å². The number of hydrogen-bond donors (Lipinski definition) is 2. The second-order valence-electron chi connectivity index (χ2n) is 9.00. The van der Waals surface area contributed by atoms with E-state index in [1.54, 1.807) is 4.57 Å². The SMILES string of the molecule is CCCCN(C(=O)CSc1nc2sc(C)c(C)c2c(=O)n1CCCC)c1c(N)n(CCC)c(=O)[nH]c1=O. The van der Waals surface area contributed by atoms with Crippen LogP contribution in [0.15, 0.2) is 19.5 Å². The van der Waals surface area contributed by atoms with E-state index in [0.29, 0.717) is 41.3 Å². The van der Waals surface area contributed by atoms with Gasteiger partial charge in [-0.3, -0.25) is 28.5 Å². The minimum Gasteiger partial charge on any atom is -0.383 e. The molecule has 10 nitrogen and oxygen atoms in total. The zero-order chi connectivity index (χ0) is 27.3. The van der Waals surface area contributed by atoms with E-state index >= 15 is 0 Å². The smallest absolute Gasteiger partial charge is 0.330 e. The van der Waals surface area contributed by atoms with E-state index in [4.69, 9.17) is 10.7 Å². The Balaban J connectivity index is 2.00. The summed E-state index contributed by atoms with van der Waals surface area (Å²) >= 11 is 2.65. The molecule has 0 unspecified atom stereocenters. The first kappa shape index (κ1) is 28.7. The highest BCUT2D eigenvalue weighted by molar-refractivity contribution is 7.99. The highest BCUT2D eigenvalue weighted by Gasteiger charge is 2.25. The molecular weight excluding hydrogens is 512 g/mol. The van der Waals surface area contributed by atoms with Gasteiger partial charge in [0.05, 0.1) is 11.1 Å². The van der Waals surface area contributed by atoms with Gasteiger partial charge in [0.1, 0.15) is 10.6 Å². The van der Waals surface area contributed by atoms with Crippen LogP contribution < -0.4 is 27.4 Å². The number of nitrogens with zero attached hydrogens (tertiary/aromatic N) is 4. The van der Waals surface area contributed by atoms with Crippen molar-refractivity contribution in [2.45, 2.75) is 85.0 Å². The molecule has 0 spiro atoms. The third kappa shape index (κ3) is 6.01. The van der Waals surface area contributed by atoms with Crippen molar-refractivity contribution in [3.63, 3.8) is 0 Å². The summed E-state index contributed by atoms with van der Waals surface area (Å²) in [7, 11) is 0. The Labute approximate surface area is 223 Å². The molecule has 12 heteroatoms. The maximum absolute atomic E-state index is 13.5. The fourth-order valence-electron chi connectivity index (χ4n) is 4.10. The van der Waals surface area contributed by atoms with Crippen molar-refractivity contribution >= 4 is 50.7 Å². The monoisotopic (exact) mass is 548 g/mol. The van der Waals surface area contributed by atoms with Crippen molar-refractivity contribution in [1.29, 1.82) is 0 Å². The molecule has 0 aliphatic carbocycles. The van der Waals surface area contributed by atoms with Gasteiger partial charge >= 0.3 is 5.69 Å². The number of nitrogens with one attached hydrogen (secondary N) is 1. The van der Waals surface area contributed by atoms with E-state index in [1.807, 2.05) is 27.7 Å². The Morgan fingerprint density at radius 1 is 1.05 bits per heavy atom. The van der Waals surface area contributed by atoms with E-state index in [1.165, 1.54) is 32.6 Å². The molecule has 0 atom stereocenters. The molecular formula is C25H36N6O4S2. The molecule has 0 bridgehead atoms. The summed E-state index contributed by atoms with van der Waals surface area (Å²) in [6.45, 7) is 11.0. The molecule has 0 aliphatic rings. The predicted molar refractivity (Wildman–Crippen MR) is 152 cm³/mol. The van der Waals surface area contributed by atoms with Crippen LogP contribution in [0.25, 0.3) is 10.2 Å². The van der Waals surface area contributed by atoms with Crippen LogP contribution in [0, 0.1) is 13.8 Å². The molecule has 37 heavy (non-hydrogen) atoms. The number of thioether (sulfide) groups is 1. The van der Waals surface area contributed by atoms with Crippen LogP contribution in [-0.4, -0.2) is 37.3 Å². The number of unbranched alkanes of at least 4 members (excludes halogenated alkanes) is 2. The van der Waals surface area contributed by atoms with Crippen molar-refractivity contribution in [3.8, 4) is 0 Å². The number of nitrogen functional groups attached to an aromatic ring is 1. The van der Waals surface area contributed by atoms with Crippen LogP contribution in [0.2, 0.25) is 0 Å². The van der Waals surface area contributed by atoms with Gasteiger partial charge in [0.15, 0.2) is 10.8 Å². The van der Waals surface area contributed by atoms with Crippen LogP contribution in [0.4, 0.5) is 11.5 Å².